The highest BCUT2D eigenvalue weighted by molar-refractivity contribution is 5.97. The Balaban J connectivity index is 1.27. The summed E-state index contributed by atoms with van der Waals surface area (Å²) in [5.74, 6) is 0.991. The number of amides is 2. The second-order valence-corrected chi connectivity index (χ2v) is 9.13. The zero-order valence-corrected chi connectivity index (χ0v) is 21.5. The third-order valence-corrected chi connectivity index (χ3v) is 6.35. The van der Waals surface area contributed by atoms with Gasteiger partial charge in [0.1, 0.15) is 29.2 Å². The molecular formula is C29H34N4O4. The zero-order valence-electron chi connectivity index (χ0n) is 21.5. The lowest BCUT2D eigenvalue weighted by Crippen LogP contribution is -2.27. The lowest BCUT2D eigenvalue weighted by molar-refractivity contribution is 0.0944. The molecule has 0 saturated heterocycles. The molecule has 0 spiro atoms. The molecule has 2 N–H and O–H groups in total. The maximum atomic E-state index is 12.7. The molecule has 1 aliphatic heterocycles. The highest BCUT2D eigenvalue weighted by Crippen LogP contribution is 2.25. The molecule has 1 atom stereocenters. The number of carbonyl (C=O) groups is 2. The standard InChI is InChI=1S/C29H34N4O4/c1-3-5-6-23(4-2)37-24-10-7-20(8-11-24)17-30-28(34)25-16-26(33-19-32-25)29(35)31-18-21-9-12-27-22(15-21)13-14-36-27/h7-12,15-16,19,23H,3-6,13-14,17-18H2,1-2H3,(H,30,34)(H,31,35). The van der Waals surface area contributed by atoms with E-state index in [0.29, 0.717) is 19.7 Å². The predicted molar refractivity (Wildman–Crippen MR) is 141 cm³/mol. The van der Waals surface area contributed by atoms with E-state index in [2.05, 4.69) is 34.4 Å². The van der Waals surface area contributed by atoms with Crippen molar-refractivity contribution in [1.29, 1.82) is 0 Å². The number of benzene rings is 2. The molecule has 0 fully saturated rings. The summed E-state index contributed by atoms with van der Waals surface area (Å²) in [6.45, 7) is 5.69. The first-order valence-electron chi connectivity index (χ1n) is 12.9. The number of nitrogens with one attached hydrogen (secondary N) is 2. The van der Waals surface area contributed by atoms with Gasteiger partial charge in [0.2, 0.25) is 0 Å². The van der Waals surface area contributed by atoms with Gasteiger partial charge in [0.15, 0.2) is 0 Å². The van der Waals surface area contributed by atoms with Gasteiger partial charge in [-0.3, -0.25) is 9.59 Å². The topological polar surface area (TPSA) is 102 Å². The van der Waals surface area contributed by atoms with Crippen molar-refractivity contribution in [3.8, 4) is 11.5 Å². The maximum Gasteiger partial charge on any atom is 0.270 e. The van der Waals surface area contributed by atoms with Gasteiger partial charge in [-0.2, -0.15) is 0 Å². The van der Waals surface area contributed by atoms with Crippen molar-refractivity contribution in [2.24, 2.45) is 0 Å². The Kier molecular flexibility index (Phi) is 9.08. The number of fused-ring (bicyclic) bond motifs is 1. The summed E-state index contributed by atoms with van der Waals surface area (Å²) in [4.78, 5) is 33.4. The third kappa shape index (κ3) is 7.29. The average molecular weight is 503 g/mol. The van der Waals surface area contributed by atoms with Crippen LogP contribution in [-0.2, 0) is 19.5 Å². The van der Waals surface area contributed by atoms with E-state index in [1.165, 1.54) is 12.4 Å². The predicted octanol–water partition coefficient (Wildman–Crippen LogP) is 4.62. The lowest BCUT2D eigenvalue weighted by atomic mass is 10.1. The summed E-state index contributed by atoms with van der Waals surface area (Å²) in [5.41, 5.74) is 3.34. The average Bonchev–Trinajstić information content (AvgIpc) is 3.41. The molecule has 1 aromatic heterocycles. The molecule has 37 heavy (non-hydrogen) atoms. The van der Waals surface area contributed by atoms with Gasteiger partial charge in [0.05, 0.1) is 12.7 Å². The smallest absolute Gasteiger partial charge is 0.270 e. The Hall–Kier alpha value is -3.94. The highest BCUT2D eigenvalue weighted by Gasteiger charge is 2.15. The second-order valence-electron chi connectivity index (χ2n) is 9.13. The summed E-state index contributed by atoms with van der Waals surface area (Å²) in [6.07, 6.45) is 6.65. The Bertz CT molecular complexity index is 1210. The molecule has 3 aromatic rings. The summed E-state index contributed by atoms with van der Waals surface area (Å²) in [7, 11) is 0. The number of unbranched alkanes of at least 4 members (excludes halogenated alkanes) is 1. The number of hydrogen-bond acceptors (Lipinski definition) is 6. The van der Waals surface area contributed by atoms with Crippen LogP contribution in [0.2, 0.25) is 0 Å². The number of ether oxygens (including phenoxy) is 2. The summed E-state index contributed by atoms with van der Waals surface area (Å²) >= 11 is 0. The van der Waals surface area contributed by atoms with E-state index in [9.17, 15) is 9.59 Å². The van der Waals surface area contributed by atoms with Crippen LogP contribution < -0.4 is 20.1 Å². The second kappa shape index (κ2) is 12.9. The van der Waals surface area contributed by atoms with Crippen molar-refractivity contribution >= 4 is 11.8 Å². The van der Waals surface area contributed by atoms with Crippen molar-refractivity contribution in [2.75, 3.05) is 6.61 Å². The van der Waals surface area contributed by atoms with E-state index in [0.717, 1.165) is 60.3 Å². The molecule has 1 unspecified atom stereocenters. The SMILES string of the molecule is CCCCC(CC)Oc1ccc(CNC(=O)c2cc(C(=O)NCc3ccc4c(c3)CCO4)ncn2)cc1. The van der Waals surface area contributed by atoms with Crippen LogP contribution in [0, 0.1) is 0 Å². The minimum Gasteiger partial charge on any atom is -0.493 e. The Labute approximate surface area is 217 Å². The molecule has 4 rings (SSSR count). The summed E-state index contributed by atoms with van der Waals surface area (Å²) < 4.78 is 11.6. The first kappa shape index (κ1) is 26.1. The minimum absolute atomic E-state index is 0.136. The first-order chi connectivity index (χ1) is 18.1. The van der Waals surface area contributed by atoms with E-state index in [1.54, 1.807) is 0 Å². The van der Waals surface area contributed by atoms with Crippen LogP contribution in [0.3, 0.4) is 0 Å². The van der Waals surface area contributed by atoms with Crippen LogP contribution in [0.4, 0.5) is 0 Å². The third-order valence-electron chi connectivity index (χ3n) is 6.35. The first-order valence-corrected chi connectivity index (χ1v) is 12.9. The molecule has 8 heteroatoms. The molecule has 0 bridgehead atoms. The van der Waals surface area contributed by atoms with E-state index < -0.39 is 0 Å². The van der Waals surface area contributed by atoms with Crippen LogP contribution in [0.1, 0.15) is 77.2 Å². The fraction of sp³-hybridized carbons (Fsp3) is 0.379. The molecule has 0 radical (unpaired) electrons. The van der Waals surface area contributed by atoms with Crippen LogP contribution in [0.25, 0.3) is 0 Å². The van der Waals surface area contributed by atoms with Crippen molar-refractivity contribution in [2.45, 2.75) is 65.1 Å². The molecular weight excluding hydrogens is 468 g/mol. The van der Waals surface area contributed by atoms with E-state index >= 15 is 0 Å². The Morgan fingerprint density at radius 3 is 2.30 bits per heavy atom. The number of aromatic nitrogens is 2. The number of rotatable bonds is 12. The Morgan fingerprint density at radius 1 is 0.946 bits per heavy atom. The zero-order chi connectivity index (χ0) is 26.0. The molecule has 2 heterocycles. The van der Waals surface area contributed by atoms with Gasteiger partial charge in [-0.25, -0.2) is 9.97 Å². The molecule has 2 amide bonds. The van der Waals surface area contributed by atoms with Crippen molar-refractivity contribution < 1.29 is 19.1 Å². The minimum atomic E-state index is -0.374. The summed E-state index contributed by atoms with van der Waals surface area (Å²) in [6, 6.07) is 15.0. The molecule has 0 aliphatic carbocycles. The highest BCUT2D eigenvalue weighted by atomic mass is 16.5. The largest absolute Gasteiger partial charge is 0.493 e. The molecule has 8 nitrogen and oxygen atoms in total. The number of carbonyl (C=O) groups excluding carboxylic acids is 2. The van der Waals surface area contributed by atoms with Crippen LogP contribution in [-0.4, -0.2) is 34.5 Å². The van der Waals surface area contributed by atoms with E-state index in [1.807, 2.05) is 42.5 Å². The van der Waals surface area contributed by atoms with Gasteiger partial charge in [0, 0.05) is 25.6 Å². The van der Waals surface area contributed by atoms with E-state index in [4.69, 9.17) is 9.47 Å². The van der Waals surface area contributed by atoms with Gasteiger partial charge < -0.3 is 20.1 Å². The number of nitrogens with zero attached hydrogens (tertiary/aromatic N) is 2. The molecule has 1 aliphatic rings. The van der Waals surface area contributed by atoms with Crippen LogP contribution in [0.5, 0.6) is 11.5 Å². The van der Waals surface area contributed by atoms with Gasteiger partial charge in [0.25, 0.3) is 11.8 Å². The molecule has 194 valence electrons. The van der Waals surface area contributed by atoms with E-state index in [-0.39, 0.29) is 29.3 Å². The van der Waals surface area contributed by atoms with Crippen LogP contribution >= 0.6 is 0 Å². The maximum absolute atomic E-state index is 12.7. The van der Waals surface area contributed by atoms with Crippen molar-refractivity contribution in [1.82, 2.24) is 20.6 Å². The van der Waals surface area contributed by atoms with Gasteiger partial charge in [-0.15, -0.1) is 0 Å². The van der Waals surface area contributed by atoms with Crippen molar-refractivity contribution in [3.63, 3.8) is 0 Å². The summed E-state index contributed by atoms with van der Waals surface area (Å²) in [5, 5.41) is 5.70. The Morgan fingerprint density at radius 2 is 1.62 bits per heavy atom. The van der Waals surface area contributed by atoms with Gasteiger partial charge >= 0.3 is 0 Å². The monoisotopic (exact) mass is 502 g/mol. The van der Waals surface area contributed by atoms with Crippen LogP contribution in [0.15, 0.2) is 54.9 Å². The van der Waals surface area contributed by atoms with Gasteiger partial charge in [-0.05, 0) is 47.7 Å². The quantitative estimate of drug-likeness (QED) is 0.375. The van der Waals surface area contributed by atoms with Gasteiger partial charge in [-0.1, -0.05) is 51.0 Å². The fourth-order valence-electron chi connectivity index (χ4n) is 4.16. The normalized spacial score (nSPS) is 12.8. The molecule has 0 saturated carbocycles. The number of hydrogen-bond donors (Lipinski definition) is 2. The fourth-order valence-corrected chi connectivity index (χ4v) is 4.16. The van der Waals surface area contributed by atoms with Crippen molar-refractivity contribution in [3.05, 3.63) is 82.9 Å². The lowest BCUT2D eigenvalue weighted by Gasteiger charge is -2.17. The molecule has 2 aromatic carbocycles.